The second-order valence-electron chi connectivity index (χ2n) is 10.0. The zero-order valence-electron chi connectivity index (χ0n) is 20.3. The molecule has 0 aromatic heterocycles. The Balaban J connectivity index is 1.55. The number of Topliss-reactive ketones (excluding diaryl/α,β-unsaturated/α-hetero) is 3. The minimum Gasteiger partial charge on any atom is -0.352 e. The molecule has 1 saturated heterocycles. The molecule has 1 spiro atoms. The van der Waals surface area contributed by atoms with Crippen LogP contribution in [0.4, 0.5) is 10.1 Å². The largest absolute Gasteiger partial charge is 0.352 e. The maximum atomic E-state index is 14.5. The third-order valence-corrected chi connectivity index (χ3v) is 8.27. The summed E-state index contributed by atoms with van der Waals surface area (Å²) in [4.78, 5) is 45.4. The summed E-state index contributed by atoms with van der Waals surface area (Å²) in [5, 5.41) is 0. The summed E-state index contributed by atoms with van der Waals surface area (Å²) in [7, 11) is 0. The lowest BCUT2D eigenvalue weighted by molar-refractivity contribution is 0.0666. The maximum Gasteiger partial charge on any atom is 0.185 e. The highest BCUT2D eigenvalue weighted by Gasteiger charge is 2.71. The van der Waals surface area contributed by atoms with Crippen molar-refractivity contribution in [1.82, 2.24) is 0 Å². The van der Waals surface area contributed by atoms with E-state index in [1.807, 2.05) is 47.4 Å². The fourth-order valence-electron chi connectivity index (χ4n) is 6.73. The van der Waals surface area contributed by atoms with Crippen LogP contribution in [0.25, 0.3) is 6.08 Å². The molecule has 4 aromatic rings. The van der Waals surface area contributed by atoms with Gasteiger partial charge in [-0.1, -0.05) is 97.1 Å². The number of nitrogens with zero attached hydrogens (tertiary/aromatic N) is 1. The minimum absolute atomic E-state index is 0.191. The highest BCUT2D eigenvalue weighted by atomic mass is 19.1. The molecule has 5 heteroatoms. The lowest BCUT2D eigenvalue weighted by atomic mass is 9.64. The molecule has 3 atom stereocenters. The Kier molecular flexibility index (Phi) is 4.86. The molecule has 3 aliphatic rings. The molecule has 0 bridgehead atoms. The minimum atomic E-state index is -1.58. The van der Waals surface area contributed by atoms with Crippen LogP contribution in [0.5, 0.6) is 0 Å². The molecule has 38 heavy (non-hydrogen) atoms. The molecule has 1 fully saturated rings. The quantitative estimate of drug-likeness (QED) is 0.251. The van der Waals surface area contributed by atoms with Crippen LogP contribution in [0.3, 0.4) is 0 Å². The topological polar surface area (TPSA) is 54.5 Å². The Morgan fingerprint density at radius 1 is 0.737 bits per heavy atom. The zero-order valence-corrected chi connectivity index (χ0v) is 20.3. The van der Waals surface area contributed by atoms with Crippen molar-refractivity contribution in [3.05, 3.63) is 143 Å². The number of hydrogen-bond donors (Lipinski definition) is 0. The lowest BCUT2D eigenvalue weighted by Crippen LogP contribution is -2.48. The van der Waals surface area contributed by atoms with Gasteiger partial charge in [-0.2, -0.15) is 0 Å². The van der Waals surface area contributed by atoms with E-state index in [-0.39, 0.29) is 17.3 Å². The summed E-state index contributed by atoms with van der Waals surface area (Å²) in [5.41, 5.74) is 1.91. The first-order chi connectivity index (χ1) is 18.5. The van der Waals surface area contributed by atoms with Gasteiger partial charge in [0.15, 0.2) is 17.3 Å². The normalized spacial score (nSPS) is 22.3. The van der Waals surface area contributed by atoms with E-state index in [1.54, 1.807) is 60.7 Å². The lowest BCUT2D eigenvalue weighted by Gasteiger charge is -2.37. The molecule has 2 heterocycles. The number of benzene rings is 4. The van der Waals surface area contributed by atoms with Crippen LogP contribution in [0.1, 0.15) is 48.1 Å². The molecule has 184 valence electrons. The number of carbonyl (C=O) groups excluding carboxylic acids is 3. The number of hydrogen-bond acceptors (Lipinski definition) is 4. The smallest absolute Gasteiger partial charge is 0.185 e. The Morgan fingerprint density at radius 3 is 2.03 bits per heavy atom. The van der Waals surface area contributed by atoms with Crippen molar-refractivity contribution in [2.24, 2.45) is 5.41 Å². The van der Waals surface area contributed by atoms with Crippen LogP contribution in [-0.4, -0.2) is 29.4 Å². The van der Waals surface area contributed by atoms with Crippen LogP contribution in [0.15, 0.2) is 109 Å². The van der Waals surface area contributed by atoms with Crippen molar-refractivity contribution in [3.8, 4) is 0 Å². The summed E-state index contributed by atoms with van der Waals surface area (Å²) in [5.74, 6) is -2.06. The van der Waals surface area contributed by atoms with Crippen molar-refractivity contribution in [2.75, 3.05) is 4.90 Å². The first kappa shape index (κ1) is 22.5. The van der Waals surface area contributed by atoms with Crippen LogP contribution < -0.4 is 4.90 Å². The summed E-state index contributed by atoms with van der Waals surface area (Å²) in [6.45, 7) is 0. The summed E-state index contributed by atoms with van der Waals surface area (Å²) >= 11 is 0. The number of rotatable bonds is 3. The van der Waals surface area contributed by atoms with Gasteiger partial charge in [0.1, 0.15) is 17.3 Å². The Labute approximate surface area is 219 Å². The summed E-state index contributed by atoms with van der Waals surface area (Å²) < 4.78 is 14.1. The molecule has 0 N–H and O–H groups in total. The fourth-order valence-corrected chi connectivity index (χ4v) is 6.73. The van der Waals surface area contributed by atoms with Crippen LogP contribution in [0.2, 0.25) is 0 Å². The Hall–Kier alpha value is -4.64. The molecule has 7 rings (SSSR count). The van der Waals surface area contributed by atoms with Gasteiger partial charge in [-0.3, -0.25) is 14.4 Å². The van der Waals surface area contributed by atoms with Gasteiger partial charge in [0.2, 0.25) is 0 Å². The number of carbonyl (C=O) groups is 3. The number of fused-ring (bicyclic) bond motifs is 5. The van der Waals surface area contributed by atoms with Crippen LogP contribution in [0, 0.1) is 11.2 Å². The van der Waals surface area contributed by atoms with Gasteiger partial charge in [-0.25, -0.2) is 4.39 Å². The van der Waals surface area contributed by atoms with Crippen molar-refractivity contribution in [3.63, 3.8) is 0 Å². The van der Waals surface area contributed by atoms with Gasteiger partial charge in [-0.05, 0) is 29.3 Å². The third kappa shape index (κ3) is 2.87. The second-order valence-corrected chi connectivity index (χ2v) is 10.0. The predicted molar refractivity (Wildman–Crippen MR) is 143 cm³/mol. The number of halogens is 1. The first-order valence-corrected chi connectivity index (χ1v) is 12.6. The van der Waals surface area contributed by atoms with E-state index in [0.29, 0.717) is 22.3 Å². The number of anilines is 1. The highest BCUT2D eigenvalue weighted by Crippen LogP contribution is 2.60. The molecule has 4 nitrogen and oxygen atoms in total. The average molecular weight is 500 g/mol. The average Bonchev–Trinajstić information content (AvgIpc) is 3.40. The van der Waals surface area contributed by atoms with Gasteiger partial charge >= 0.3 is 0 Å². The standard InChI is InChI=1S/C33H22FNO3/c34-23-17-14-21(15-18-23)28-29(30(36)22-9-2-1-3-10-22)35-26-13-7-4-8-20(26)16-19-27(35)33(28)31(37)24-11-5-6-12-25(24)32(33)38/h1-19,27-29H/t27-,28-,29+/m1/s1. The Morgan fingerprint density at radius 2 is 1.34 bits per heavy atom. The van der Waals surface area contributed by atoms with Crippen molar-refractivity contribution in [2.45, 2.75) is 18.0 Å². The summed E-state index contributed by atoms with van der Waals surface area (Å²) in [6.07, 6.45) is 3.82. The SMILES string of the molecule is O=C(c1ccccc1)[C@@H]1[C@@H](c2ccc(F)cc2)C2(C(=O)c3ccccc3C2=O)[C@H]2C=Cc3ccccc3N12. The van der Waals surface area contributed by atoms with Gasteiger partial charge in [0.25, 0.3) is 0 Å². The van der Waals surface area contributed by atoms with Gasteiger partial charge in [-0.15, -0.1) is 0 Å². The molecule has 4 aromatic carbocycles. The van der Waals surface area contributed by atoms with Crippen LogP contribution in [-0.2, 0) is 0 Å². The molecule has 0 radical (unpaired) electrons. The summed E-state index contributed by atoms with van der Waals surface area (Å²) in [6, 6.07) is 27.8. The van der Waals surface area contributed by atoms with E-state index >= 15 is 0 Å². The van der Waals surface area contributed by atoms with Crippen molar-refractivity contribution in [1.29, 1.82) is 0 Å². The number of ketones is 3. The van der Waals surface area contributed by atoms with Crippen molar-refractivity contribution >= 4 is 29.1 Å². The van der Waals surface area contributed by atoms with Gasteiger partial charge < -0.3 is 4.90 Å². The van der Waals surface area contributed by atoms with E-state index in [0.717, 1.165) is 11.3 Å². The fraction of sp³-hybridized carbons (Fsp3) is 0.121. The van der Waals surface area contributed by atoms with Gasteiger partial charge in [0.05, 0.1) is 6.04 Å². The van der Waals surface area contributed by atoms with Crippen molar-refractivity contribution < 1.29 is 18.8 Å². The monoisotopic (exact) mass is 499 g/mol. The zero-order chi connectivity index (χ0) is 26.0. The molecular formula is C33H22FNO3. The van der Waals surface area contributed by atoms with E-state index in [4.69, 9.17) is 0 Å². The number of para-hydroxylation sites is 1. The highest BCUT2D eigenvalue weighted by molar-refractivity contribution is 6.32. The third-order valence-electron chi connectivity index (χ3n) is 8.27. The predicted octanol–water partition coefficient (Wildman–Crippen LogP) is 6.14. The maximum absolute atomic E-state index is 14.5. The molecule has 2 aliphatic heterocycles. The van der Waals surface area contributed by atoms with E-state index in [1.165, 1.54) is 12.1 Å². The molecule has 0 unspecified atom stereocenters. The van der Waals surface area contributed by atoms with E-state index in [2.05, 4.69) is 0 Å². The molecule has 0 saturated carbocycles. The molecular weight excluding hydrogens is 477 g/mol. The van der Waals surface area contributed by atoms with E-state index in [9.17, 15) is 18.8 Å². The van der Waals surface area contributed by atoms with Gasteiger partial charge in [0, 0.05) is 28.3 Å². The molecule has 1 aliphatic carbocycles. The first-order valence-electron chi connectivity index (χ1n) is 12.6. The second kappa shape index (κ2) is 8.18. The van der Waals surface area contributed by atoms with Crippen LogP contribution >= 0.6 is 0 Å². The Bertz CT molecular complexity index is 1620. The molecule has 0 amide bonds. The van der Waals surface area contributed by atoms with E-state index < -0.39 is 29.2 Å².